The topological polar surface area (TPSA) is 76.2 Å². The Balaban J connectivity index is 1.51. The molecule has 5 rings (SSSR count). The monoisotopic (exact) mass is 342 g/mol. The predicted octanol–water partition coefficient (Wildman–Crippen LogP) is 2.04. The van der Waals surface area contributed by atoms with Crippen molar-refractivity contribution in [3.05, 3.63) is 42.5 Å². The minimum atomic E-state index is -0.603. The Labute approximate surface area is 144 Å². The summed E-state index contributed by atoms with van der Waals surface area (Å²) in [5.74, 6) is -0.179. The number of hydrogen-bond donors (Lipinski definition) is 0. The first-order chi connectivity index (χ1) is 12.1. The zero-order valence-electron chi connectivity index (χ0n) is 13.5. The molecule has 4 aliphatic rings. The number of carbonyl (C=O) groups excluding carboxylic acids is 3. The van der Waals surface area contributed by atoms with E-state index in [1.807, 2.05) is 18.2 Å². The van der Waals surface area contributed by atoms with Crippen molar-refractivity contribution in [1.82, 2.24) is 9.80 Å². The highest BCUT2D eigenvalue weighted by Crippen LogP contribution is 2.36. The van der Waals surface area contributed by atoms with E-state index in [0.717, 1.165) is 4.90 Å². The van der Waals surface area contributed by atoms with Gasteiger partial charge < -0.3 is 14.4 Å². The second-order valence-corrected chi connectivity index (χ2v) is 6.42. The van der Waals surface area contributed by atoms with E-state index in [1.165, 1.54) is 0 Å². The van der Waals surface area contributed by atoms with E-state index in [0.29, 0.717) is 18.7 Å². The summed E-state index contributed by atoms with van der Waals surface area (Å²) in [7, 11) is 0. The van der Waals surface area contributed by atoms with Gasteiger partial charge in [0, 0.05) is 6.54 Å². The van der Waals surface area contributed by atoms with E-state index >= 15 is 0 Å². The largest absolute Gasteiger partial charge is 0.447 e. The smallest absolute Gasteiger partial charge is 0.416 e. The number of carbonyl (C=O) groups is 3. The van der Waals surface area contributed by atoms with Crippen molar-refractivity contribution < 1.29 is 23.9 Å². The lowest BCUT2D eigenvalue weighted by molar-refractivity contribution is -0.135. The molecule has 1 aliphatic carbocycles. The number of piperidine rings is 1. The molecule has 2 fully saturated rings. The summed E-state index contributed by atoms with van der Waals surface area (Å²) in [4.78, 5) is 39.7. The van der Waals surface area contributed by atoms with Crippen molar-refractivity contribution in [1.29, 1.82) is 0 Å². The normalized spacial score (nSPS) is 27.4. The molecule has 0 N–H and O–H groups in total. The number of para-hydroxylation sites is 1. The third-order valence-electron chi connectivity index (χ3n) is 4.87. The number of imide groups is 1. The van der Waals surface area contributed by atoms with Gasteiger partial charge in [-0.05, 0) is 24.5 Å². The summed E-state index contributed by atoms with van der Waals surface area (Å²) in [6, 6.07) is 8.43. The van der Waals surface area contributed by atoms with Gasteiger partial charge in [0.2, 0.25) is 5.91 Å². The number of cyclic esters (lactones) is 1. The number of hydrogen-bond acceptors (Lipinski definition) is 5. The summed E-state index contributed by atoms with van der Waals surface area (Å²) in [6.45, 7) is 1.01. The molecule has 3 unspecified atom stereocenters. The minimum absolute atomic E-state index is 0.0842. The number of ether oxygens (including phenoxy) is 2. The van der Waals surface area contributed by atoms with Gasteiger partial charge in [-0.2, -0.15) is 0 Å². The Kier molecular flexibility index (Phi) is 3.91. The maximum atomic E-state index is 12.7. The quantitative estimate of drug-likeness (QED) is 0.769. The van der Waals surface area contributed by atoms with Crippen LogP contribution in [0.3, 0.4) is 0 Å². The molecule has 3 atom stereocenters. The maximum absolute atomic E-state index is 12.7. The van der Waals surface area contributed by atoms with Crippen LogP contribution >= 0.6 is 0 Å². The third-order valence-corrected chi connectivity index (χ3v) is 4.87. The van der Waals surface area contributed by atoms with Crippen molar-refractivity contribution in [2.45, 2.75) is 12.5 Å². The van der Waals surface area contributed by atoms with E-state index in [1.54, 1.807) is 29.2 Å². The summed E-state index contributed by atoms with van der Waals surface area (Å²) in [6.07, 6.45) is 3.44. The van der Waals surface area contributed by atoms with E-state index < -0.39 is 24.1 Å². The van der Waals surface area contributed by atoms with Crippen molar-refractivity contribution in [2.75, 3.05) is 19.7 Å². The van der Waals surface area contributed by atoms with Gasteiger partial charge in [-0.25, -0.2) is 14.5 Å². The van der Waals surface area contributed by atoms with E-state index in [4.69, 9.17) is 9.47 Å². The Morgan fingerprint density at radius 1 is 1.16 bits per heavy atom. The molecule has 3 amide bonds. The van der Waals surface area contributed by atoms with Gasteiger partial charge >= 0.3 is 12.2 Å². The number of amides is 3. The van der Waals surface area contributed by atoms with E-state index in [9.17, 15) is 14.4 Å². The molecule has 1 aromatic rings. The highest BCUT2D eigenvalue weighted by molar-refractivity contribution is 5.95. The lowest BCUT2D eigenvalue weighted by atomic mass is 9.77. The molecule has 2 bridgehead atoms. The van der Waals surface area contributed by atoms with Crippen LogP contribution in [0.4, 0.5) is 9.59 Å². The second kappa shape index (κ2) is 6.23. The SMILES string of the molecule is O=C1OCCN1C(=O)C1CC2C=CC1N(C(=O)Oc1ccccc1)C2. The van der Waals surface area contributed by atoms with Gasteiger partial charge in [0.1, 0.15) is 12.4 Å². The fourth-order valence-electron chi connectivity index (χ4n) is 3.67. The van der Waals surface area contributed by atoms with Gasteiger partial charge in [0.15, 0.2) is 0 Å². The lowest BCUT2D eigenvalue weighted by Crippen LogP contribution is -2.57. The number of benzene rings is 1. The van der Waals surface area contributed by atoms with Crippen LogP contribution < -0.4 is 4.74 Å². The number of nitrogens with zero attached hydrogens (tertiary/aromatic N) is 2. The molecule has 1 aromatic carbocycles. The van der Waals surface area contributed by atoms with Gasteiger partial charge in [0.05, 0.1) is 18.5 Å². The standard InChI is InChI=1S/C18H18N2O5/c21-16(19-8-9-24-17(19)22)14-10-12-6-7-15(14)20(11-12)18(23)25-13-4-2-1-3-5-13/h1-7,12,14-15H,8-11H2. The maximum Gasteiger partial charge on any atom is 0.416 e. The van der Waals surface area contributed by atoms with Crippen LogP contribution in [0.1, 0.15) is 6.42 Å². The predicted molar refractivity (Wildman–Crippen MR) is 86.8 cm³/mol. The molecule has 25 heavy (non-hydrogen) atoms. The molecule has 0 aromatic heterocycles. The van der Waals surface area contributed by atoms with Gasteiger partial charge in [-0.3, -0.25) is 4.79 Å². The van der Waals surface area contributed by atoms with E-state index in [-0.39, 0.29) is 25.0 Å². The summed E-state index contributed by atoms with van der Waals surface area (Å²) in [5, 5.41) is 0. The molecule has 0 radical (unpaired) electrons. The fourth-order valence-corrected chi connectivity index (χ4v) is 3.67. The molecular formula is C18H18N2O5. The molecule has 3 aliphatic heterocycles. The molecule has 7 heteroatoms. The molecular weight excluding hydrogens is 324 g/mol. The molecule has 7 nitrogen and oxygen atoms in total. The zero-order chi connectivity index (χ0) is 17.4. The Morgan fingerprint density at radius 2 is 1.96 bits per heavy atom. The first-order valence-corrected chi connectivity index (χ1v) is 8.33. The minimum Gasteiger partial charge on any atom is -0.447 e. The molecule has 0 spiro atoms. The second-order valence-electron chi connectivity index (χ2n) is 6.42. The van der Waals surface area contributed by atoms with Crippen molar-refractivity contribution >= 4 is 18.1 Å². The average Bonchev–Trinajstić information content (AvgIpc) is 3.08. The number of rotatable bonds is 2. The number of fused-ring (bicyclic) bond motifs is 2. The first-order valence-electron chi connectivity index (χ1n) is 8.33. The van der Waals surface area contributed by atoms with Crippen LogP contribution in [0.25, 0.3) is 0 Å². The van der Waals surface area contributed by atoms with Crippen LogP contribution in [0.15, 0.2) is 42.5 Å². The van der Waals surface area contributed by atoms with Crippen molar-refractivity contribution in [3.8, 4) is 5.75 Å². The van der Waals surface area contributed by atoms with Gasteiger partial charge in [-0.1, -0.05) is 30.4 Å². The van der Waals surface area contributed by atoms with Crippen LogP contribution in [0, 0.1) is 11.8 Å². The van der Waals surface area contributed by atoms with Crippen LogP contribution in [0.5, 0.6) is 5.75 Å². The van der Waals surface area contributed by atoms with Gasteiger partial charge in [0.25, 0.3) is 0 Å². The molecule has 2 saturated heterocycles. The van der Waals surface area contributed by atoms with Crippen LogP contribution in [-0.4, -0.2) is 53.6 Å². The lowest BCUT2D eigenvalue weighted by Gasteiger charge is -2.45. The highest BCUT2D eigenvalue weighted by Gasteiger charge is 2.47. The highest BCUT2D eigenvalue weighted by atomic mass is 16.6. The molecule has 130 valence electrons. The molecule has 3 heterocycles. The van der Waals surface area contributed by atoms with E-state index in [2.05, 4.69) is 0 Å². The van der Waals surface area contributed by atoms with Crippen LogP contribution in [-0.2, 0) is 9.53 Å². The third kappa shape index (κ3) is 2.86. The van der Waals surface area contributed by atoms with Crippen LogP contribution in [0.2, 0.25) is 0 Å². The van der Waals surface area contributed by atoms with Gasteiger partial charge in [-0.15, -0.1) is 0 Å². The zero-order valence-corrected chi connectivity index (χ0v) is 13.5. The Bertz CT molecular complexity index is 732. The fraction of sp³-hybridized carbons (Fsp3) is 0.389. The Hall–Kier alpha value is -2.83. The first kappa shape index (κ1) is 15.7. The summed E-state index contributed by atoms with van der Waals surface area (Å²) in [5.41, 5.74) is 0. The average molecular weight is 342 g/mol. The van der Waals surface area contributed by atoms with Crippen molar-refractivity contribution in [2.24, 2.45) is 11.8 Å². The molecule has 0 saturated carbocycles. The van der Waals surface area contributed by atoms with Crippen molar-refractivity contribution in [3.63, 3.8) is 0 Å². The summed E-state index contributed by atoms with van der Waals surface area (Å²) >= 11 is 0. The Morgan fingerprint density at radius 3 is 2.64 bits per heavy atom. The summed E-state index contributed by atoms with van der Waals surface area (Å²) < 4.78 is 10.3.